The Morgan fingerprint density at radius 2 is 1.85 bits per heavy atom. The van der Waals surface area contributed by atoms with E-state index in [0.29, 0.717) is 24.9 Å². The molecule has 5 rings (SSSR count). The monoisotopic (exact) mass is 385 g/mol. The summed E-state index contributed by atoms with van der Waals surface area (Å²) in [5.74, 6) is 2.63. The first kappa shape index (κ1) is 17.1. The van der Waals surface area contributed by atoms with E-state index in [4.69, 9.17) is 4.98 Å². The van der Waals surface area contributed by atoms with Crippen molar-refractivity contribution in [3.63, 3.8) is 0 Å². The summed E-state index contributed by atoms with van der Waals surface area (Å²) in [5, 5.41) is 0. The van der Waals surface area contributed by atoms with Crippen LogP contribution in [0, 0.1) is 18.8 Å². The molecule has 2 unspecified atom stereocenters. The van der Waals surface area contributed by atoms with Gasteiger partial charge in [-0.05, 0) is 50.2 Å². The summed E-state index contributed by atoms with van der Waals surface area (Å²) in [4.78, 5) is 16.0. The van der Waals surface area contributed by atoms with Gasteiger partial charge in [0, 0.05) is 49.8 Å². The summed E-state index contributed by atoms with van der Waals surface area (Å²) in [5.41, 5.74) is 2.51. The normalized spacial score (nSPS) is 25.0. The molecule has 0 aromatic carbocycles. The van der Waals surface area contributed by atoms with Crippen LogP contribution in [0.15, 0.2) is 29.4 Å². The quantitative estimate of drug-likeness (QED) is 0.795. The van der Waals surface area contributed by atoms with E-state index < -0.39 is 10.0 Å². The second-order valence-corrected chi connectivity index (χ2v) is 9.75. The van der Waals surface area contributed by atoms with Gasteiger partial charge in [-0.15, -0.1) is 0 Å². The molecular weight excluding hydrogens is 362 g/mol. The predicted molar refractivity (Wildman–Crippen MR) is 101 cm³/mol. The highest BCUT2D eigenvalue weighted by Crippen LogP contribution is 2.38. The van der Waals surface area contributed by atoms with Crippen molar-refractivity contribution in [2.75, 3.05) is 31.1 Å². The molecular formula is C19H23N5O2S. The number of sulfonamides is 1. The molecule has 3 aliphatic rings. The van der Waals surface area contributed by atoms with Crippen LogP contribution < -0.4 is 4.90 Å². The maximum Gasteiger partial charge on any atom is 0.244 e. The third-order valence-corrected chi connectivity index (χ3v) is 7.86. The third kappa shape index (κ3) is 2.82. The van der Waals surface area contributed by atoms with Gasteiger partial charge in [0.25, 0.3) is 0 Å². The lowest BCUT2D eigenvalue weighted by Gasteiger charge is -2.24. The van der Waals surface area contributed by atoms with Crippen molar-refractivity contribution in [3.8, 4) is 0 Å². The summed E-state index contributed by atoms with van der Waals surface area (Å²) in [6.07, 6.45) is 6.28. The van der Waals surface area contributed by atoms with Crippen molar-refractivity contribution >= 4 is 15.8 Å². The number of aromatic nitrogens is 3. The molecule has 2 aliphatic heterocycles. The van der Waals surface area contributed by atoms with Gasteiger partial charge in [0.2, 0.25) is 10.0 Å². The zero-order valence-electron chi connectivity index (χ0n) is 15.4. The topological polar surface area (TPSA) is 79.3 Å². The number of hydrogen-bond acceptors (Lipinski definition) is 6. The van der Waals surface area contributed by atoms with E-state index in [-0.39, 0.29) is 4.90 Å². The van der Waals surface area contributed by atoms with Gasteiger partial charge < -0.3 is 4.90 Å². The van der Waals surface area contributed by atoms with Crippen molar-refractivity contribution in [1.82, 2.24) is 19.3 Å². The maximum absolute atomic E-state index is 12.9. The number of hydrogen-bond donors (Lipinski definition) is 0. The van der Waals surface area contributed by atoms with Crippen molar-refractivity contribution in [1.29, 1.82) is 0 Å². The molecule has 2 aromatic heterocycles. The Hall–Kier alpha value is -2.06. The molecule has 0 amide bonds. The van der Waals surface area contributed by atoms with E-state index in [1.165, 1.54) is 17.5 Å². The van der Waals surface area contributed by atoms with Crippen LogP contribution in [0.25, 0.3) is 0 Å². The summed E-state index contributed by atoms with van der Waals surface area (Å²) >= 11 is 0. The fraction of sp³-hybridized carbons (Fsp3) is 0.526. The molecule has 0 spiro atoms. The standard InChI is InChI=1S/C19H23N5O2S/c1-13-21-18-6-2-5-17(18)19(22-13)23-9-14-11-24(12-15(14)10-23)27(25,26)16-4-3-7-20-8-16/h3-4,7-8,14-15H,2,5-6,9-12H2,1H3. The SMILES string of the molecule is Cc1nc2c(c(N3CC4CN(S(=O)(=O)c5cccnc5)CC4C3)n1)CCC2. The van der Waals surface area contributed by atoms with Crippen molar-refractivity contribution in [2.45, 2.75) is 31.1 Å². The highest BCUT2D eigenvalue weighted by atomic mass is 32.2. The second kappa shape index (κ2) is 6.24. The molecule has 2 aromatic rings. The first-order valence-corrected chi connectivity index (χ1v) is 11.0. The molecule has 142 valence electrons. The largest absolute Gasteiger partial charge is 0.356 e. The van der Waals surface area contributed by atoms with Crippen LogP contribution in [0.2, 0.25) is 0 Å². The van der Waals surface area contributed by atoms with Crippen LogP contribution in [-0.2, 0) is 22.9 Å². The van der Waals surface area contributed by atoms with Crippen LogP contribution in [0.5, 0.6) is 0 Å². The number of nitrogens with zero attached hydrogens (tertiary/aromatic N) is 5. The Bertz CT molecular complexity index is 965. The Labute approximate surface area is 159 Å². The van der Waals surface area contributed by atoms with Crippen LogP contribution >= 0.6 is 0 Å². The molecule has 0 radical (unpaired) electrons. The van der Waals surface area contributed by atoms with E-state index in [1.807, 2.05) is 6.92 Å². The van der Waals surface area contributed by atoms with E-state index >= 15 is 0 Å². The minimum atomic E-state index is -3.45. The first-order chi connectivity index (χ1) is 13.0. The molecule has 2 fully saturated rings. The van der Waals surface area contributed by atoms with Crippen molar-refractivity contribution in [3.05, 3.63) is 41.6 Å². The lowest BCUT2D eigenvalue weighted by Crippen LogP contribution is -2.34. The number of anilines is 1. The molecule has 0 N–H and O–H groups in total. The molecule has 27 heavy (non-hydrogen) atoms. The van der Waals surface area contributed by atoms with Crippen molar-refractivity contribution in [2.24, 2.45) is 11.8 Å². The minimum absolute atomic E-state index is 0.283. The Balaban J connectivity index is 1.35. The van der Waals surface area contributed by atoms with Crippen LogP contribution in [-0.4, -0.2) is 53.9 Å². The van der Waals surface area contributed by atoms with E-state index in [2.05, 4.69) is 14.9 Å². The molecule has 7 nitrogen and oxygen atoms in total. The van der Waals surface area contributed by atoms with E-state index in [0.717, 1.165) is 44.0 Å². The van der Waals surface area contributed by atoms with Crippen molar-refractivity contribution < 1.29 is 8.42 Å². The highest BCUT2D eigenvalue weighted by molar-refractivity contribution is 7.89. The summed E-state index contributed by atoms with van der Waals surface area (Å²) < 4.78 is 27.4. The summed E-state index contributed by atoms with van der Waals surface area (Å²) in [6, 6.07) is 3.29. The highest BCUT2D eigenvalue weighted by Gasteiger charge is 2.45. The van der Waals surface area contributed by atoms with Gasteiger partial charge in [0.05, 0.1) is 0 Å². The molecule has 1 aliphatic carbocycles. The number of aryl methyl sites for hydroxylation is 2. The first-order valence-electron chi connectivity index (χ1n) is 9.54. The molecule has 2 saturated heterocycles. The maximum atomic E-state index is 12.9. The van der Waals surface area contributed by atoms with Crippen LogP contribution in [0.4, 0.5) is 5.82 Å². The lowest BCUT2D eigenvalue weighted by molar-refractivity contribution is 0.452. The smallest absolute Gasteiger partial charge is 0.244 e. The summed E-state index contributed by atoms with van der Waals surface area (Å²) in [7, 11) is -3.45. The van der Waals surface area contributed by atoms with Gasteiger partial charge in [-0.25, -0.2) is 18.4 Å². The fourth-order valence-corrected chi connectivity index (χ4v) is 6.28. The molecule has 0 saturated carbocycles. The second-order valence-electron chi connectivity index (χ2n) is 7.81. The molecule has 2 atom stereocenters. The minimum Gasteiger partial charge on any atom is -0.356 e. The lowest BCUT2D eigenvalue weighted by atomic mass is 10.0. The third-order valence-electron chi connectivity index (χ3n) is 6.05. The van der Waals surface area contributed by atoms with Crippen LogP contribution in [0.1, 0.15) is 23.5 Å². The average molecular weight is 385 g/mol. The Morgan fingerprint density at radius 3 is 2.56 bits per heavy atom. The van der Waals surface area contributed by atoms with E-state index in [1.54, 1.807) is 22.6 Å². The van der Waals surface area contributed by atoms with Gasteiger partial charge in [-0.2, -0.15) is 4.31 Å². The average Bonchev–Trinajstić information content (AvgIpc) is 3.36. The summed E-state index contributed by atoms with van der Waals surface area (Å²) in [6.45, 7) is 4.84. The Kier molecular flexibility index (Phi) is 3.94. The zero-order valence-corrected chi connectivity index (χ0v) is 16.2. The van der Waals surface area contributed by atoms with Gasteiger partial charge in [0.1, 0.15) is 16.5 Å². The van der Waals surface area contributed by atoms with Gasteiger partial charge in [0.15, 0.2) is 0 Å². The van der Waals surface area contributed by atoms with Gasteiger partial charge >= 0.3 is 0 Å². The number of pyridine rings is 1. The molecule has 0 bridgehead atoms. The van der Waals surface area contributed by atoms with E-state index in [9.17, 15) is 8.42 Å². The molecule has 8 heteroatoms. The Morgan fingerprint density at radius 1 is 1.07 bits per heavy atom. The molecule has 4 heterocycles. The zero-order chi connectivity index (χ0) is 18.6. The van der Waals surface area contributed by atoms with Gasteiger partial charge in [-0.3, -0.25) is 4.98 Å². The van der Waals surface area contributed by atoms with Crippen LogP contribution in [0.3, 0.4) is 0 Å². The van der Waals surface area contributed by atoms with Gasteiger partial charge in [-0.1, -0.05) is 0 Å². The number of rotatable bonds is 3. The fourth-order valence-electron chi connectivity index (χ4n) is 4.76. The predicted octanol–water partition coefficient (Wildman–Crippen LogP) is 1.43. The number of fused-ring (bicyclic) bond motifs is 2.